The molecule has 18 heavy (non-hydrogen) atoms. The highest BCUT2D eigenvalue weighted by Gasteiger charge is 2.28. The molecule has 0 unspecified atom stereocenters. The molecule has 0 aromatic heterocycles. The second-order valence-electron chi connectivity index (χ2n) is 4.44. The topological polar surface area (TPSA) is 57.6 Å². The predicted octanol–water partition coefficient (Wildman–Crippen LogP) is 1.76. The SMILES string of the molecule is O=C(O)[C@H]1CCCN(C(=O)c2cccc(F)c2)C1. The van der Waals surface area contributed by atoms with Crippen LogP contribution in [0.5, 0.6) is 0 Å². The average molecular weight is 251 g/mol. The fourth-order valence-electron chi connectivity index (χ4n) is 2.17. The minimum atomic E-state index is -0.883. The van der Waals surface area contributed by atoms with Gasteiger partial charge in [-0.05, 0) is 31.0 Å². The summed E-state index contributed by atoms with van der Waals surface area (Å²) in [6.07, 6.45) is 1.25. The maximum absolute atomic E-state index is 13.0. The summed E-state index contributed by atoms with van der Waals surface area (Å²) in [5.74, 6) is -2.17. The molecule has 1 atom stereocenters. The number of halogens is 1. The molecule has 2 rings (SSSR count). The first-order chi connectivity index (χ1) is 8.58. The maximum Gasteiger partial charge on any atom is 0.308 e. The molecule has 1 N–H and O–H groups in total. The van der Waals surface area contributed by atoms with Crippen LogP contribution in [0, 0.1) is 11.7 Å². The summed E-state index contributed by atoms with van der Waals surface area (Å²) in [6.45, 7) is 0.726. The zero-order chi connectivity index (χ0) is 13.1. The third-order valence-electron chi connectivity index (χ3n) is 3.13. The first kappa shape index (κ1) is 12.5. The van der Waals surface area contributed by atoms with Gasteiger partial charge >= 0.3 is 5.97 Å². The van der Waals surface area contributed by atoms with Gasteiger partial charge in [0.2, 0.25) is 0 Å². The number of carbonyl (C=O) groups is 2. The monoisotopic (exact) mass is 251 g/mol. The van der Waals surface area contributed by atoms with Crippen molar-refractivity contribution in [2.75, 3.05) is 13.1 Å². The number of benzene rings is 1. The van der Waals surface area contributed by atoms with E-state index in [0.717, 1.165) is 0 Å². The molecule has 1 aliphatic rings. The Labute approximate surface area is 104 Å². The third kappa shape index (κ3) is 2.67. The summed E-state index contributed by atoms with van der Waals surface area (Å²) >= 11 is 0. The van der Waals surface area contributed by atoms with E-state index in [-0.39, 0.29) is 18.0 Å². The minimum Gasteiger partial charge on any atom is -0.481 e. The van der Waals surface area contributed by atoms with E-state index >= 15 is 0 Å². The summed E-state index contributed by atoms with van der Waals surface area (Å²) in [6, 6.07) is 5.46. The number of aliphatic carboxylic acids is 1. The van der Waals surface area contributed by atoms with Gasteiger partial charge in [-0.25, -0.2) is 4.39 Å². The van der Waals surface area contributed by atoms with E-state index in [1.165, 1.54) is 29.2 Å². The van der Waals surface area contributed by atoms with Crippen LogP contribution < -0.4 is 0 Å². The van der Waals surface area contributed by atoms with Crippen LogP contribution in [-0.4, -0.2) is 35.0 Å². The fourth-order valence-corrected chi connectivity index (χ4v) is 2.17. The second kappa shape index (κ2) is 5.16. The zero-order valence-electron chi connectivity index (χ0n) is 9.80. The predicted molar refractivity (Wildman–Crippen MR) is 62.7 cm³/mol. The Morgan fingerprint density at radius 1 is 1.39 bits per heavy atom. The lowest BCUT2D eigenvalue weighted by Gasteiger charge is -2.30. The molecule has 0 aliphatic carbocycles. The quantitative estimate of drug-likeness (QED) is 0.871. The number of nitrogens with zero attached hydrogens (tertiary/aromatic N) is 1. The summed E-state index contributed by atoms with van der Waals surface area (Å²) in [5, 5.41) is 8.95. The van der Waals surface area contributed by atoms with Crippen molar-refractivity contribution < 1.29 is 19.1 Å². The molecule has 1 saturated heterocycles. The van der Waals surface area contributed by atoms with Crippen molar-refractivity contribution >= 4 is 11.9 Å². The number of carboxylic acids is 1. The van der Waals surface area contributed by atoms with E-state index in [4.69, 9.17) is 5.11 Å². The van der Waals surface area contributed by atoms with Gasteiger partial charge < -0.3 is 10.0 Å². The van der Waals surface area contributed by atoms with E-state index in [1.54, 1.807) is 0 Å². The van der Waals surface area contributed by atoms with E-state index in [1.807, 2.05) is 0 Å². The number of piperidine rings is 1. The molecule has 1 heterocycles. The number of likely N-dealkylation sites (tertiary alicyclic amines) is 1. The molecular weight excluding hydrogens is 237 g/mol. The van der Waals surface area contributed by atoms with Crippen molar-refractivity contribution in [3.63, 3.8) is 0 Å². The molecule has 1 aromatic carbocycles. The second-order valence-corrected chi connectivity index (χ2v) is 4.44. The first-order valence-electron chi connectivity index (χ1n) is 5.85. The van der Waals surface area contributed by atoms with E-state index in [0.29, 0.717) is 19.4 Å². The van der Waals surface area contributed by atoms with E-state index < -0.39 is 17.7 Å². The molecular formula is C13H14FNO3. The Hall–Kier alpha value is -1.91. The summed E-state index contributed by atoms with van der Waals surface area (Å²) in [5.41, 5.74) is 0.265. The average Bonchev–Trinajstić information content (AvgIpc) is 2.38. The van der Waals surface area contributed by atoms with Crippen LogP contribution in [0.3, 0.4) is 0 Å². The van der Waals surface area contributed by atoms with Crippen molar-refractivity contribution in [2.24, 2.45) is 5.92 Å². The van der Waals surface area contributed by atoms with Gasteiger partial charge in [0, 0.05) is 18.7 Å². The molecule has 0 bridgehead atoms. The Morgan fingerprint density at radius 2 is 2.17 bits per heavy atom. The van der Waals surface area contributed by atoms with Gasteiger partial charge in [0.15, 0.2) is 0 Å². The number of carboxylic acid groups (broad SMARTS) is 1. The highest BCUT2D eigenvalue weighted by molar-refractivity contribution is 5.94. The molecule has 1 aliphatic heterocycles. The number of hydrogen-bond acceptors (Lipinski definition) is 2. The molecule has 0 saturated carbocycles. The zero-order valence-corrected chi connectivity index (χ0v) is 9.80. The van der Waals surface area contributed by atoms with Crippen LogP contribution in [-0.2, 0) is 4.79 Å². The lowest BCUT2D eigenvalue weighted by Crippen LogP contribution is -2.42. The number of carbonyl (C=O) groups excluding carboxylic acids is 1. The largest absolute Gasteiger partial charge is 0.481 e. The van der Waals surface area contributed by atoms with Crippen LogP contribution in [0.15, 0.2) is 24.3 Å². The summed E-state index contributed by atoms with van der Waals surface area (Å²) in [4.78, 5) is 24.5. The highest BCUT2D eigenvalue weighted by Crippen LogP contribution is 2.19. The Balaban J connectivity index is 2.11. The normalized spacial score (nSPS) is 19.6. The van der Waals surface area contributed by atoms with Crippen molar-refractivity contribution in [2.45, 2.75) is 12.8 Å². The highest BCUT2D eigenvalue weighted by atomic mass is 19.1. The number of hydrogen-bond donors (Lipinski definition) is 1. The molecule has 1 amide bonds. The molecule has 4 nitrogen and oxygen atoms in total. The van der Waals surface area contributed by atoms with Gasteiger partial charge in [-0.15, -0.1) is 0 Å². The van der Waals surface area contributed by atoms with Gasteiger partial charge in [0.1, 0.15) is 5.82 Å². The van der Waals surface area contributed by atoms with Crippen molar-refractivity contribution in [1.29, 1.82) is 0 Å². The van der Waals surface area contributed by atoms with Crippen LogP contribution >= 0.6 is 0 Å². The van der Waals surface area contributed by atoms with E-state index in [2.05, 4.69) is 0 Å². The van der Waals surface area contributed by atoms with Crippen LogP contribution in [0.1, 0.15) is 23.2 Å². The smallest absolute Gasteiger partial charge is 0.308 e. The lowest BCUT2D eigenvalue weighted by molar-refractivity contribution is -0.143. The van der Waals surface area contributed by atoms with Crippen LogP contribution in [0.2, 0.25) is 0 Å². The standard InChI is InChI=1S/C13H14FNO3/c14-11-5-1-3-9(7-11)12(16)15-6-2-4-10(8-15)13(17)18/h1,3,5,7,10H,2,4,6,8H2,(H,17,18)/t10-/m0/s1. The maximum atomic E-state index is 13.0. The van der Waals surface area contributed by atoms with Gasteiger partial charge in [-0.3, -0.25) is 9.59 Å². The van der Waals surface area contributed by atoms with Crippen molar-refractivity contribution in [3.8, 4) is 0 Å². The molecule has 1 aromatic rings. The first-order valence-corrected chi connectivity index (χ1v) is 5.85. The Kier molecular flexibility index (Phi) is 3.60. The Bertz CT molecular complexity index is 475. The Morgan fingerprint density at radius 3 is 2.83 bits per heavy atom. The van der Waals surface area contributed by atoms with E-state index in [9.17, 15) is 14.0 Å². The lowest BCUT2D eigenvalue weighted by atomic mass is 9.97. The van der Waals surface area contributed by atoms with Gasteiger partial charge in [-0.1, -0.05) is 6.07 Å². The molecule has 1 fully saturated rings. The number of amides is 1. The molecule has 5 heteroatoms. The number of rotatable bonds is 2. The van der Waals surface area contributed by atoms with Crippen molar-refractivity contribution in [1.82, 2.24) is 4.90 Å². The fraction of sp³-hybridized carbons (Fsp3) is 0.385. The van der Waals surface area contributed by atoms with Crippen LogP contribution in [0.25, 0.3) is 0 Å². The summed E-state index contributed by atoms with van der Waals surface area (Å²) < 4.78 is 13.0. The van der Waals surface area contributed by atoms with Crippen LogP contribution in [0.4, 0.5) is 4.39 Å². The van der Waals surface area contributed by atoms with Gasteiger partial charge in [0.25, 0.3) is 5.91 Å². The molecule has 96 valence electrons. The van der Waals surface area contributed by atoms with Gasteiger partial charge in [0.05, 0.1) is 5.92 Å². The van der Waals surface area contributed by atoms with Crippen molar-refractivity contribution in [3.05, 3.63) is 35.6 Å². The van der Waals surface area contributed by atoms with Gasteiger partial charge in [-0.2, -0.15) is 0 Å². The third-order valence-corrected chi connectivity index (χ3v) is 3.13. The summed E-state index contributed by atoms with van der Waals surface area (Å²) in [7, 11) is 0. The molecule has 0 spiro atoms. The molecule has 0 radical (unpaired) electrons. The minimum absolute atomic E-state index is 0.199.